The summed E-state index contributed by atoms with van der Waals surface area (Å²) in [4.78, 5) is 37.6. The number of carbonyl (C=O) groups is 3. The zero-order valence-corrected chi connectivity index (χ0v) is 11.4. The van der Waals surface area contributed by atoms with Gasteiger partial charge in [0.25, 0.3) is 5.91 Å². The molecule has 1 aromatic heterocycles. The number of nitrogens with one attached hydrogen (secondary N) is 1. The van der Waals surface area contributed by atoms with Gasteiger partial charge in [-0.05, 0) is 12.5 Å². The maximum absolute atomic E-state index is 11.9. The molecule has 0 radical (unpaired) electrons. The predicted octanol–water partition coefficient (Wildman–Crippen LogP) is 0.871. The fourth-order valence-electron chi connectivity index (χ4n) is 1.42. The van der Waals surface area contributed by atoms with E-state index in [4.69, 9.17) is 16.7 Å². The molecule has 0 saturated carbocycles. The summed E-state index contributed by atoms with van der Waals surface area (Å²) in [5, 5.41) is 11.4. The fourth-order valence-corrected chi connectivity index (χ4v) is 1.62. The lowest BCUT2D eigenvalue weighted by molar-refractivity contribution is -0.142. The van der Waals surface area contributed by atoms with Crippen LogP contribution >= 0.6 is 11.6 Å². The van der Waals surface area contributed by atoms with E-state index in [0.717, 1.165) is 0 Å². The zero-order chi connectivity index (χ0) is 15.1. The topological polar surface area (TPSA) is 106 Å². The van der Waals surface area contributed by atoms with Gasteiger partial charge in [0, 0.05) is 18.8 Å². The number of hydrogen-bond acceptors (Lipinski definition) is 5. The molecular weight excluding hydrogens is 288 g/mol. The molecule has 0 fully saturated rings. The van der Waals surface area contributed by atoms with Crippen molar-refractivity contribution in [1.29, 1.82) is 0 Å². The van der Waals surface area contributed by atoms with Crippen LogP contribution in [0.25, 0.3) is 0 Å². The number of esters is 1. The Morgan fingerprint density at radius 2 is 2.20 bits per heavy atom. The first-order valence-corrected chi connectivity index (χ1v) is 6.03. The molecule has 20 heavy (non-hydrogen) atoms. The van der Waals surface area contributed by atoms with Gasteiger partial charge in [-0.1, -0.05) is 11.6 Å². The largest absolute Gasteiger partial charge is 0.480 e. The van der Waals surface area contributed by atoms with Crippen molar-refractivity contribution >= 4 is 29.4 Å². The summed E-state index contributed by atoms with van der Waals surface area (Å²) in [5.41, 5.74) is 0.117. The highest BCUT2D eigenvalue weighted by Crippen LogP contribution is 2.13. The average Bonchev–Trinajstić information content (AvgIpc) is 2.42. The Hall–Kier alpha value is -2.15. The van der Waals surface area contributed by atoms with Crippen LogP contribution in [0.4, 0.5) is 0 Å². The first-order chi connectivity index (χ1) is 9.45. The van der Waals surface area contributed by atoms with Gasteiger partial charge in [-0.3, -0.25) is 14.6 Å². The second-order valence-corrected chi connectivity index (χ2v) is 4.24. The van der Waals surface area contributed by atoms with E-state index in [-0.39, 0.29) is 23.4 Å². The minimum atomic E-state index is -1.24. The smallest absolute Gasteiger partial charge is 0.326 e. The van der Waals surface area contributed by atoms with E-state index in [1.807, 2.05) is 0 Å². The second-order valence-electron chi connectivity index (χ2n) is 3.83. The van der Waals surface area contributed by atoms with Crippen LogP contribution < -0.4 is 5.32 Å². The lowest BCUT2D eigenvalue weighted by Gasteiger charge is -2.14. The van der Waals surface area contributed by atoms with Crippen molar-refractivity contribution in [3.8, 4) is 0 Å². The third-order valence-corrected chi connectivity index (χ3v) is 2.79. The minimum Gasteiger partial charge on any atom is -0.480 e. The van der Waals surface area contributed by atoms with Crippen LogP contribution in [0, 0.1) is 0 Å². The molecule has 0 bridgehead atoms. The summed E-state index contributed by atoms with van der Waals surface area (Å²) in [6, 6.07) is 0.169. The molecule has 0 aliphatic heterocycles. The number of carbonyl (C=O) groups excluding carboxylic acids is 2. The van der Waals surface area contributed by atoms with Crippen LogP contribution in [0.3, 0.4) is 0 Å². The Bertz CT molecular complexity index is 520. The molecule has 2 N–H and O–H groups in total. The quantitative estimate of drug-likeness (QED) is 0.755. The molecule has 0 unspecified atom stereocenters. The van der Waals surface area contributed by atoms with Crippen molar-refractivity contribution in [2.75, 3.05) is 7.11 Å². The van der Waals surface area contributed by atoms with Crippen LogP contribution in [0.2, 0.25) is 5.02 Å². The third-order valence-electron chi connectivity index (χ3n) is 2.49. The number of hydrogen-bond donors (Lipinski definition) is 2. The van der Waals surface area contributed by atoms with Crippen LogP contribution in [0.15, 0.2) is 18.5 Å². The van der Waals surface area contributed by atoms with Crippen molar-refractivity contribution in [1.82, 2.24) is 10.3 Å². The number of ether oxygens (including phenoxy) is 1. The van der Waals surface area contributed by atoms with Gasteiger partial charge < -0.3 is 15.2 Å². The van der Waals surface area contributed by atoms with Crippen LogP contribution in [-0.2, 0) is 14.3 Å². The SMILES string of the molecule is COC(=O)CC[C@H](NC(=O)c1ccncc1Cl)C(=O)O. The molecule has 0 aromatic carbocycles. The van der Waals surface area contributed by atoms with Crippen molar-refractivity contribution in [3.63, 3.8) is 0 Å². The van der Waals surface area contributed by atoms with E-state index < -0.39 is 23.9 Å². The average molecular weight is 301 g/mol. The Balaban J connectivity index is 2.71. The van der Waals surface area contributed by atoms with Crippen LogP contribution in [0.1, 0.15) is 23.2 Å². The number of halogens is 1. The number of methoxy groups -OCH3 is 1. The van der Waals surface area contributed by atoms with Crippen LogP contribution in [-0.4, -0.2) is 41.1 Å². The molecule has 0 aliphatic rings. The highest BCUT2D eigenvalue weighted by molar-refractivity contribution is 6.33. The van der Waals surface area contributed by atoms with Gasteiger partial charge in [-0.25, -0.2) is 4.79 Å². The summed E-state index contributed by atoms with van der Waals surface area (Å²) in [6.07, 6.45) is 2.46. The maximum atomic E-state index is 11.9. The molecule has 0 spiro atoms. The Morgan fingerprint density at radius 3 is 2.75 bits per heavy atom. The van der Waals surface area contributed by atoms with Gasteiger partial charge in [0.05, 0.1) is 17.7 Å². The van der Waals surface area contributed by atoms with Crippen molar-refractivity contribution < 1.29 is 24.2 Å². The van der Waals surface area contributed by atoms with E-state index in [1.54, 1.807) is 0 Å². The highest BCUT2D eigenvalue weighted by atomic mass is 35.5. The van der Waals surface area contributed by atoms with Gasteiger partial charge in [0.1, 0.15) is 6.04 Å². The Kier molecular flexibility index (Phi) is 5.92. The first kappa shape index (κ1) is 15.9. The number of amides is 1. The van der Waals surface area contributed by atoms with Gasteiger partial charge in [0.15, 0.2) is 0 Å². The monoisotopic (exact) mass is 300 g/mol. The number of nitrogens with zero attached hydrogens (tertiary/aromatic N) is 1. The van der Waals surface area contributed by atoms with Gasteiger partial charge in [-0.15, -0.1) is 0 Å². The van der Waals surface area contributed by atoms with E-state index in [9.17, 15) is 14.4 Å². The van der Waals surface area contributed by atoms with Crippen molar-refractivity contribution in [2.45, 2.75) is 18.9 Å². The van der Waals surface area contributed by atoms with E-state index >= 15 is 0 Å². The molecule has 7 nitrogen and oxygen atoms in total. The van der Waals surface area contributed by atoms with E-state index in [2.05, 4.69) is 15.0 Å². The van der Waals surface area contributed by atoms with Crippen molar-refractivity contribution in [2.24, 2.45) is 0 Å². The summed E-state index contributed by atoms with van der Waals surface area (Å²) in [5.74, 6) is -2.44. The Morgan fingerprint density at radius 1 is 1.50 bits per heavy atom. The number of carboxylic acids is 1. The second kappa shape index (κ2) is 7.44. The standard InChI is InChI=1S/C12H13ClN2O5/c1-20-10(16)3-2-9(12(18)19)15-11(17)7-4-5-14-6-8(7)13/h4-6,9H,2-3H2,1H3,(H,15,17)(H,18,19)/t9-/m0/s1. The van der Waals surface area contributed by atoms with E-state index in [0.29, 0.717) is 0 Å². The fraction of sp³-hybridized carbons (Fsp3) is 0.333. The third kappa shape index (κ3) is 4.51. The maximum Gasteiger partial charge on any atom is 0.326 e. The minimum absolute atomic E-state index is 0.0730. The molecule has 108 valence electrons. The summed E-state index contributed by atoms with van der Waals surface area (Å²) in [6.45, 7) is 0. The molecule has 0 saturated heterocycles. The molecule has 8 heteroatoms. The Labute approximate surface area is 119 Å². The molecule has 1 heterocycles. The summed E-state index contributed by atoms with van der Waals surface area (Å²) < 4.78 is 4.42. The molecular formula is C12H13ClN2O5. The number of aromatic nitrogens is 1. The highest BCUT2D eigenvalue weighted by Gasteiger charge is 2.22. The molecule has 1 aromatic rings. The lowest BCUT2D eigenvalue weighted by atomic mass is 10.1. The van der Waals surface area contributed by atoms with Crippen LogP contribution in [0.5, 0.6) is 0 Å². The number of pyridine rings is 1. The van der Waals surface area contributed by atoms with E-state index in [1.165, 1.54) is 25.6 Å². The number of carboxylic acid groups (broad SMARTS) is 1. The molecule has 1 atom stereocenters. The zero-order valence-electron chi connectivity index (χ0n) is 10.6. The number of aliphatic carboxylic acids is 1. The predicted molar refractivity (Wildman–Crippen MR) is 69.4 cm³/mol. The molecule has 1 amide bonds. The van der Waals surface area contributed by atoms with Crippen molar-refractivity contribution in [3.05, 3.63) is 29.0 Å². The van der Waals surface area contributed by atoms with Gasteiger partial charge >= 0.3 is 11.9 Å². The molecule has 0 aliphatic carbocycles. The number of rotatable bonds is 6. The summed E-state index contributed by atoms with van der Waals surface area (Å²) in [7, 11) is 1.20. The molecule has 1 rings (SSSR count). The first-order valence-electron chi connectivity index (χ1n) is 5.65. The normalized spacial score (nSPS) is 11.5. The lowest BCUT2D eigenvalue weighted by Crippen LogP contribution is -2.41. The van der Waals surface area contributed by atoms with Gasteiger partial charge in [-0.2, -0.15) is 0 Å². The summed E-state index contributed by atoms with van der Waals surface area (Å²) >= 11 is 5.79. The van der Waals surface area contributed by atoms with Gasteiger partial charge in [0.2, 0.25) is 0 Å².